The molecule has 72 valence electrons. The maximum absolute atomic E-state index is 9.76. The number of aliphatic hydroxyl groups is 2. The second-order valence-electron chi connectivity index (χ2n) is 3.58. The highest BCUT2D eigenvalue weighted by Crippen LogP contribution is 2.30. The van der Waals surface area contributed by atoms with Crippen LogP contribution in [0.2, 0.25) is 0 Å². The van der Waals surface area contributed by atoms with Crippen molar-refractivity contribution < 1.29 is 10.2 Å². The molecule has 13 heavy (non-hydrogen) atoms. The van der Waals surface area contributed by atoms with Gasteiger partial charge in [0.1, 0.15) is 6.10 Å². The van der Waals surface area contributed by atoms with Crippen LogP contribution in [-0.2, 0) is 0 Å². The molecule has 0 saturated heterocycles. The molecule has 0 aromatic heterocycles. The smallest absolute Gasteiger partial charge is 0.108 e. The van der Waals surface area contributed by atoms with Crippen LogP contribution in [0.5, 0.6) is 0 Å². The SMILES string of the molecule is CC(C)(O)C(O)c1ccccc1Br. The van der Waals surface area contributed by atoms with E-state index in [1.807, 2.05) is 18.2 Å². The maximum Gasteiger partial charge on any atom is 0.108 e. The van der Waals surface area contributed by atoms with Crippen LogP contribution < -0.4 is 0 Å². The molecule has 1 aromatic carbocycles. The molecule has 0 amide bonds. The Bertz CT molecular complexity index is 291. The van der Waals surface area contributed by atoms with E-state index in [2.05, 4.69) is 15.9 Å². The summed E-state index contributed by atoms with van der Waals surface area (Å²) in [5.41, 5.74) is -0.417. The Labute approximate surface area is 86.3 Å². The Morgan fingerprint density at radius 2 is 1.85 bits per heavy atom. The highest BCUT2D eigenvalue weighted by Gasteiger charge is 2.27. The van der Waals surface area contributed by atoms with E-state index in [1.165, 1.54) is 0 Å². The number of aliphatic hydroxyl groups excluding tert-OH is 1. The highest BCUT2D eigenvalue weighted by molar-refractivity contribution is 9.10. The summed E-state index contributed by atoms with van der Waals surface area (Å²) in [4.78, 5) is 0. The molecule has 0 fully saturated rings. The molecule has 1 aromatic rings. The Morgan fingerprint density at radius 1 is 1.31 bits per heavy atom. The van der Waals surface area contributed by atoms with Crippen LogP contribution in [0.4, 0.5) is 0 Å². The summed E-state index contributed by atoms with van der Waals surface area (Å²) in [5.74, 6) is 0. The summed E-state index contributed by atoms with van der Waals surface area (Å²) in [6.07, 6.45) is -0.872. The average molecular weight is 245 g/mol. The van der Waals surface area contributed by atoms with E-state index in [4.69, 9.17) is 0 Å². The van der Waals surface area contributed by atoms with Gasteiger partial charge in [-0.15, -0.1) is 0 Å². The fourth-order valence-corrected chi connectivity index (χ4v) is 1.58. The van der Waals surface area contributed by atoms with Crippen LogP contribution in [-0.4, -0.2) is 15.8 Å². The van der Waals surface area contributed by atoms with Gasteiger partial charge < -0.3 is 10.2 Å². The predicted octanol–water partition coefficient (Wildman–Crippen LogP) is 2.25. The van der Waals surface area contributed by atoms with E-state index in [0.29, 0.717) is 5.56 Å². The lowest BCUT2D eigenvalue weighted by molar-refractivity contribution is -0.0500. The van der Waals surface area contributed by atoms with Gasteiger partial charge in [0.05, 0.1) is 5.60 Å². The van der Waals surface area contributed by atoms with Crippen LogP contribution >= 0.6 is 15.9 Å². The van der Waals surface area contributed by atoms with Gasteiger partial charge in [0, 0.05) is 4.47 Å². The third-order valence-corrected chi connectivity index (χ3v) is 2.59. The normalized spacial score (nSPS) is 14.2. The van der Waals surface area contributed by atoms with Crippen molar-refractivity contribution in [3.8, 4) is 0 Å². The molecule has 1 atom stereocenters. The standard InChI is InChI=1S/C10H13BrO2/c1-10(2,13)9(12)7-5-3-4-6-8(7)11/h3-6,9,12-13H,1-2H3. The second kappa shape index (κ2) is 3.78. The molecule has 3 heteroatoms. The van der Waals surface area contributed by atoms with Gasteiger partial charge in [-0.25, -0.2) is 0 Å². The second-order valence-corrected chi connectivity index (χ2v) is 4.43. The zero-order valence-corrected chi connectivity index (χ0v) is 9.25. The van der Waals surface area contributed by atoms with Crippen molar-refractivity contribution in [1.82, 2.24) is 0 Å². The lowest BCUT2D eigenvalue weighted by atomic mass is 9.95. The summed E-state index contributed by atoms with van der Waals surface area (Å²) in [6.45, 7) is 3.16. The van der Waals surface area contributed by atoms with Gasteiger partial charge in [0.25, 0.3) is 0 Å². The van der Waals surface area contributed by atoms with Gasteiger partial charge >= 0.3 is 0 Å². The topological polar surface area (TPSA) is 40.5 Å². The molecule has 0 aliphatic carbocycles. The monoisotopic (exact) mass is 244 g/mol. The Hall–Kier alpha value is -0.380. The molecular weight excluding hydrogens is 232 g/mol. The zero-order valence-electron chi connectivity index (χ0n) is 7.66. The van der Waals surface area contributed by atoms with Crippen molar-refractivity contribution in [1.29, 1.82) is 0 Å². The number of hydrogen-bond acceptors (Lipinski definition) is 2. The van der Waals surface area contributed by atoms with E-state index < -0.39 is 11.7 Å². The molecule has 0 saturated carbocycles. The summed E-state index contributed by atoms with van der Waals surface area (Å²) >= 11 is 3.32. The van der Waals surface area contributed by atoms with Crippen molar-refractivity contribution in [3.05, 3.63) is 34.3 Å². The molecule has 0 heterocycles. The zero-order chi connectivity index (χ0) is 10.1. The largest absolute Gasteiger partial charge is 0.387 e. The summed E-state index contributed by atoms with van der Waals surface area (Å²) < 4.78 is 0.810. The summed E-state index contributed by atoms with van der Waals surface area (Å²) in [5, 5.41) is 19.4. The van der Waals surface area contributed by atoms with Gasteiger partial charge in [-0.3, -0.25) is 0 Å². The molecule has 0 radical (unpaired) electrons. The van der Waals surface area contributed by atoms with Gasteiger partial charge in [0.2, 0.25) is 0 Å². The van der Waals surface area contributed by atoms with E-state index in [1.54, 1.807) is 19.9 Å². The van der Waals surface area contributed by atoms with Crippen LogP contribution in [0.3, 0.4) is 0 Å². The highest BCUT2D eigenvalue weighted by atomic mass is 79.9. The van der Waals surface area contributed by atoms with Crippen molar-refractivity contribution in [2.45, 2.75) is 25.6 Å². The number of hydrogen-bond donors (Lipinski definition) is 2. The third kappa shape index (κ3) is 2.53. The molecular formula is C10H13BrO2. The minimum Gasteiger partial charge on any atom is -0.387 e. The van der Waals surface area contributed by atoms with Gasteiger partial charge in [0.15, 0.2) is 0 Å². The van der Waals surface area contributed by atoms with E-state index in [0.717, 1.165) is 4.47 Å². The van der Waals surface area contributed by atoms with Gasteiger partial charge in [-0.2, -0.15) is 0 Å². The quantitative estimate of drug-likeness (QED) is 0.838. The van der Waals surface area contributed by atoms with E-state index in [-0.39, 0.29) is 0 Å². The molecule has 2 N–H and O–H groups in total. The average Bonchev–Trinajstić information content (AvgIpc) is 2.02. The minimum atomic E-state index is -1.12. The molecule has 0 bridgehead atoms. The van der Waals surface area contributed by atoms with Crippen molar-refractivity contribution >= 4 is 15.9 Å². The van der Waals surface area contributed by atoms with Crippen LogP contribution in [0, 0.1) is 0 Å². The fraction of sp³-hybridized carbons (Fsp3) is 0.400. The van der Waals surface area contributed by atoms with E-state index in [9.17, 15) is 10.2 Å². The molecule has 2 nitrogen and oxygen atoms in total. The lowest BCUT2D eigenvalue weighted by Gasteiger charge is -2.25. The molecule has 1 unspecified atom stereocenters. The van der Waals surface area contributed by atoms with Crippen LogP contribution in [0.15, 0.2) is 28.7 Å². The van der Waals surface area contributed by atoms with Crippen LogP contribution in [0.1, 0.15) is 25.5 Å². The first kappa shape index (κ1) is 10.7. The van der Waals surface area contributed by atoms with Gasteiger partial charge in [-0.1, -0.05) is 34.1 Å². The summed E-state index contributed by atoms with van der Waals surface area (Å²) in [6, 6.07) is 7.32. The van der Waals surface area contributed by atoms with Crippen molar-refractivity contribution in [3.63, 3.8) is 0 Å². The lowest BCUT2D eigenvalue weighted by Crippen LogP contribution is -2.28. The first-order valence-electron chi connectivity index (χ1n) is 4.08. The first-order chi connectivity index (χ1) is 5.93. The van der Waals surface area contributed by atoms with Gasteiger partial charge in [-0.05, 0) is 25.5 Å². The summed E-state index contributed by atoms with van der Waals surface area (Å²) in [7, 11) is 0. The number of benzene rings is 1. The predicted molar refractivity (Wildman–Crippen MR) is 55.4 cm³/mol. The van der Waals surface area contributed by atoms with Crippen molar-refractivity contribution in [2.75, 3.05) is 0 Å². The maximum atomic E-state index is 9.76. The van der Waals surface area contributed by atoms with E-state index >= 15 is 0 Å². The first-order valence-corrected chi connectivity index (χ1v) is 4.87. The fourth-order valence-electron chi connectivity index (χ4n) is 1.08. The molecule has 0 aliphatic rings. The minimum absolute atomic E-state index is 0.704. The Kier molecular flexibility index (Phi) is 3.11. The Morgan fingerprint density at radius 3 is 2.31 bits per heavy atom. The number of halogens is 1. The third-order valence-electron chi connectivity index (χ3n) is 1.87. The molecule has 0 spiro atoms. The molecule has 0 aliphatic heterocycles. The Balaban J connectivity index is 3.02. The molecule has 1 rings (SSSR count). The van der Waals surface area contributed by atoms with Crippen LogP contribution in [0.25, 0.3) is 0 Å². The van der Waals surface area contributed by atoms with Crippen molar-refractivity contribution in [2.24, 2.45) is 0 Å². The number of rotatable bonds is 2.